The Morgan fingerprint density at radius 1 is 0.889 bits per heavy atom. The summed E-state index contributed by atoms with van der Waals surface area (Å²) in [4.78, 5) is 0. The molecule has 0 amide bonds. The molecule has 1 aromatic carbocycles. The topological polar surface area (TPSA) is 90.2 Å². The number of aliphatic hydroxyl groups excluding tert-OH is 4. The van der Waals surface area contributed by atoms with E-state index in [2.05, 4.69) is 0 Å². The summed E-state index contributed by atoms with van der Waals surface area (Å²) in [6, 6.07) is 9.66. The maximum absolute atomic E-state index is 9.76. The highest BCUT2D eigenvalue weighted by Crippen LogP contribution is 2.23. The van der Waals surface area contributed by atoms with Crippen LogP contribution in [0.1, 0.15) is 12.0 Å². The second-order valence-electron chi connectivity index (χ2n) is 4.56. The first kappa shape index (κ1) is 13.5. The van der Waals surface area contributed by atoms with Gasteiger partial charge in [-0.05, 0) is 18.4 Å². The van der Waals surface area contributed by atoms with Crippen molar-refractivity contribution in [1.82, 2.24) is 0 Å². The molecule has 0 aromatic heterocycles. The van der Waals surface area contributed by atoms with Crippen LogP contribution >= 0.6 is 0 Å². The van der Waals surface area contributed by atoms with Crippen molar-refractivity contribution in [3.8, 4) is 0 Å². The average Bonchev–Trinajstić information content (AvgIpc) is 2.40. The van der Waals surface area contributed by atoms with E-state index in [1.54, 1.807) is 0 Å². The zero-order valence-corrected chi connectivity index (χ0v) is 9.88. The minimum Gasteiger partial charge on any atom is -0.388 e. The van der Waals surface area contributed by atoms with Crippen LogP contribution in [-0.2, 0) is 11.2 Å². The summed E-state index contributed by atoms with van der Waals surface area (Å²) >= 11 is 0. The molecule has 4 N–H and O–H groups in total. The van der Waals surface area contributed by atoms with Crippen molar-refractivity contribution in [2.24, 2.45) is 0 Å². The summed E-state index contributed by atoms with van der Waals surface area (Å²) in [6.07, 6.45) is -5.04. The van der Waals surface area contributed by atoms with E-state index in [1.165, 1.54) is 0 Å². The fourth-order valence-electron chi connectivity index (χ4n) is 2.12. The number of aryl methyl sites for hydroxylation is 1. The van der Waals surface area contributed by atoms with Gasteiger partial charge in [0.1, 0.15) is 18.3 Å². The van der Waals surface area contributed by atoms with Crippen LogP contribution in [0.5, 0.6) is 0 Å². The van der Waals surface area contributed by atoms with Crippen LogP contribution < -0.4 is 0 Å². The van der Waals surface area contributed by atoms with Gasteiger partial charge in [-0.2, -0.15) is 0 Å². The molecule has 18 heavy (non-hydrogen) atoms. The Hall–Kier alpha value is -0.980. The summed E-state index contributed by atoms with van der Waals surface area (Å²) < 4.78 is 5.10. The number of aliphatic hydroxyl groups is 4. The van der Waals surface area contributed by atoms with E-state index in [0.717, 1.165) is 5.56 Å². The van der Waals surface area contributed by atoms with Crippen molar-refractivity contribution < 1.29 is 25.2 Å². The third-order valence-corrected chi connectivity index (χ3v) is 3.25. The van der Waals surface area contributed by atoms with E-state index in [1.807, 2.05) is 30.3 Å². The smallest absolute Gasteiger partial charge is 0.183 e. The van der Waals surface area contributed by atoms with E-state index in [0.29, 0.717) is 12.8 Å². The van der Waals surface area contributed by atoms with Crippen molar-refractivity contribution in [3.63, 3.8) is 0 Å². The molecule has 5 nitrogen and oxygen atoms in total. The molecule has 1 aliphatic heterocycles. The minimum atomic E-state index is -1.46. The Balaban J connectivity index is 1.93. The molecular formula is C13H18O5. The monoisotopic (exact) mass is 254 g/mol. The van der Waals surface area contributed by atoms with E-state index < -0.39 is 30.7 Å². The number of hydrogen-bond donors (Lipinski definition) is 4. The van der Waals surface area contributed by atoms with Gasteiger partial charge in [-0.15, -0.1) is 0 Å². The van der Waals surface area contributed by atoms with Crippen LogP contribution in [0.4, 0.5) is 0 Å². The predicted molar refractivity (Wildman–Crippen MR) is 63.7 cm³/mol. The molecule has 0 saturated carbocycles. The molecule has 0 bridgehead atoms. The first-order valence-corrected chi connectivity index (χ1v) is 6.01. The quantitative estimate of drug-likeness (QED) is 0.579. The third kappa shape index (κ3) is 2.88. The molecule has 1 fully saturated rings. The first-order chi connectivity index (χ1) is 8.59. The summed E-state index contributed by atoms with van der Waals surface area (Å²) in [5, 5.41) is 38.0. The Labute approximate surface area is 105 Å². The van der Waals surface area contributed by atoms with Gasteiger partial charge in [-0.25, -0.2) is 0 Å². The fraction of sp³-hybridized carbons (Fsp3) is 0.538. The van der Waals surface area contributed by atoms with Crippen molar-refractivity contribution >= 4 is 0 Å². The molecule has 0 spiro atoms. The van der Waals surface area contributed by atoms with Gasteiger partial charge in [-0.1, -0.05) is 30.3 Å². The molecule has 2 rings (SSSR count). The second-order valence-corrected chi connectivity index (χ2v) is 4.56. The molecule has 1 heterocycles. The third-order valence-electron chi connectivity index (χ3n) is 3.25. The minimum absolute atomic E-state index is 0.464. The highest BCUT2D eigenvalue weighted by atomic mass is 16.6. The van der Waals surface area contributed by atoms with Crippen molar-refractivity contribution in [2.45, 2.75) is 43.5 Å². The lowest BCUT2D eigenvalue weighted by Gasteiger charge is -2.38. The van der Waals surface area contributed by atoms with Crippen molar-refractivity contribution in [2.75, 3.05) is 0 Å². The van der Waals surface area contributed by atoms with Crippen LogP contribution in [0.15, 0.2) is 30.3 Å². The summed E-state index contributed by atoms with van der Waals surface area (Å²) in [5.41, 5.74) is 1.09. The van der Waals surface area contributed by atoms with Gasteiger partial charge in [0.2, 0.25) is 0 Å². The standard InChI is InChI=1S/C13H18O5/c14-10-9(18-13(17)12(16)11(10)15)7-6-8-4-2-1-3-5-8/h1-5,9-17H,6-7H2/t9-,10+,11-,12+,13?/m1/s1. The van der Waals surface area contributed by atoms with Gasteiger partial charge in [-0.3, -0.25) is 0 Å². The molecule has 100 valence electrons. The lowest BCUT2D eigenvalue weighted by atomic mass is 9.94. The Morgan fingerprint density at radius 3 is 2.22 bits per heavy atom. The van der Waals surface area contributed by atoms with Gasteiger partial charge in [0, 0.05) is 0 Å². The molecule has 5 heteroatoms. The summed E-state index contributed by atoms with van der Waals surface area (Å²) in [5.74, 6) is 0. The SMILES string of the molecule is OC1O[C@H](CCc2ccccc2)[C@H](O)[C@@H](O)[C@@H]1O. The summed E-state index contributed by atoms with van der Waals surface area (Å²) in [7, 11) is 0. The van der Waals surface area contributed by atoms with E-state index >= 15 is 0 Å². The average molecular weight is 254 g/mol. The number of benzene rings is 1. The highest BCUT2D eigenvalue weighted by molar-refractivity contribution is 5.14. The summed E-state index contributed by atoms with van der Waals surface area (Å²) in [6.45, 7) is 0. The Bertz CT molecular complexity index is 369. The molecule has 1 aliphatic rings. The zero-order chi connectivity index (χ0) is 13.1. The number of hydrogen-bond acceptors (Lipinski definition) is 5. The molecule has 1 saturated heterocycles. The van der Waals surface area contributed by atoms with E-state index in [4.69, 9.17) is 4.74 Å². The van der Waals surface area contributed by atoms with Gasteiger partial charge < -0.3 is 25.2 Å². The van der Waals surface area contributed by atoms with Gasteiger partial charge in [0.15, 0.2) is 6.29 Å². The fourth-order valence-corrected chi connectivity index (χ4v) is 2.12. The maximum atomic E-state index is 9.76. The molecule has 5 atom stereocenters. The van der Waals surface area contributed by atoms with Crippen LogP contribution in [0.3, 0.4) is 0 Å². The number of ether oxygens (including phenoxy) is 1. The van der Waals surface area contributed by atoms with Crippen molar-refractivity contribution in [3.05, 3.63) is 35.9 Å². The molecule has 1 aromatic rings. The predicted octanol–water partition coefficient (Wildman–Crippen LogP) is -0.581. The largest absolute Gasteiger partial charge is 0.388 e. The van der Waals surface area contributed by atoms with Gasteiger partial charge in [0.05, 0.1) is 6.10 Å². The maximum Gasteiger partial charge on any atom is 0.183 e. The normalized spacial score (nSPS) is 36.6. The van der Waals surface area contributed by atoms with Gasteiger partial charge in [0.25, 0.3) is 0 Å². The highest BCUT2D eigenvalue weighted by Gasteiger charge is 2.42. The van der Waals surface area contributed by atoms with Crippen LogP contribution in [0.25, 0.3) is 0 Å². The van der Waals surface area contributed by atoms with Crippen molar-refractivity contribution in [1.29, 1.82) is 0 Å². The van der Waals surface area contributed by atoms with Gasteiger partial charge >= 0.3 is 0 Å². The van der Waals surface area contributed by atoms with Crippen LogP contribution in [0, 0.1) is 0 Å². The Kier molecular flexibility index (Phi) is 4.31. The number of rotatable bonds is 3. The van der Waals surface area contributed by atoms with E-state index in [9.17, 15) is 20.4 Å². The molecule has 0 aliphatic carbocycles. The lowest BCUT2D eigenvalue weighted by Crippen LogP contribution is -2.57. The molecule has 0 radical (unpaired) electrons. The zero-order valence-electron chi connectivity index (χ0n) is 9.88. The van der Waals surface area contributed by atoms with E-state index in [-0.39, 0.29) is 0 Å². The molecule has 1 unspecified atom stereocenters. The second kappa shape index (κ2) is 5.77. The lowest BCUT2D eigenvalue weighted by molar-refractivity contribution is -0.282. The van der Waals surface area contributed by atoms with Crippen LogP contribution in [-0.4, -0.2) is 51.1 Å². The first-order valence-electron chi connectivity index (χ1n) is 6.01. The molecular weight excluding hydrogens is 236 g/mol. The van der Waals surface area contributed by atoms with Crippen LogP contribution in [0.2, 0.25) is 0 Å². The Morgan fingerprint density at radius 2 is 1.56 bits per heavy atom.